The average Bonchev–Trinajstić information content (AvgIpc) is 3.23. The summed E-state index contributed by atoms with van der Waals surface area (Å²) in [4.78, 5) is 17.8. The summed E-state index contributed by atoms with van der Waals surface area (Å²) < 4.78 is 37.1. The topological polar surface area (TPSA) is 85.1 Å². The molecule has 1 aromatic heterocycles. The van der Waals surface area contributed by atoms with Crippen molar-refractivity contribution in [1.82, 2.24) is 9.88 Å². The maximum atomic E-state index is 13.3. The van der Waals surface area contributed by atoms with Crippen LogP contribution in [0.15, 0.2) is 59.7 Å². The van der Waals surface area contributed by atoms with Crippen molar-refractivity contribution in [3.63, 3.8) is 0 Å². The fourth-order valence-electron chi connectivity index (χ4n) is 2.99. The normalized spacial score (nSPS) is 15.8. The number of carbonyl (C=O) groups excluding carboxylic acids is 1. The Hall–Kier alpha value is -3.24. The molecule has 2 heterocycles. The second-order valence-electron chi connectivity index (χ2n) is 6.50. The monoisotopic (exact) mass is 433 g/mol. The molecule has 0 bridgehead atoms. The number of ether oxygens (including phenoxy) is 2. The molecule has 0 aliphatic carbocycles. The number of halogens is 2. The third-order valence-corrected chi connectivity index (χ3v) is 5.21. The molecule has 0 unspecified atom stereocenters. The standard InChI is InChI=1S/C20H17F2N3O4S/c1-12-10-25(14-7-8-16-17(9-14)29-20(21,22)28-16)19(30-12)24-18(27)23-15(11-26)13-5-3-2-4-6-13/h2-10,15,26H,11H2,1H3,(H,23,27)/t15-/m1/s1. The zero-order valence-corrected chi connectivity index (χ0v) is 16.5. The molecule has 0 fully saturated rings. The van der Waals surface area contributed by atoms with E-state index >= 15 is 0 Å². The molecule has 0 saturated carbocycles. The first-order valence-corrected chi connectivity index (χ1v) is 9.77. The van der Waals surface area contributed by atoms with Gasteiger partial charge in [-0.2, -0.15) is 4.99 Å². The van der Waals surface area contributed by atoms with Gasteiger partial charge < -0.3 is 19.9 Å². The number of hydrogen-bond donors (Lipinski definition) is 2. The first-order chi connectivity index (χ1) is 14.3. The summed E-state index contributed by atoms with van der Waals surface area (Å²) in [5.74, 6) is -0.171. The van der Waals surface area contributed by atoms with E-state index in [1.54, 1.807) is 41.1 Å². The zero-order valence-electron chi connectivity index (χ0n) is 15.7. The Balaban J connectivity index is 1.62. The van der Waals surface area contributed by atoms with E-state index in [4.69, 9.17) is 0 Å². The number of benzene rings is 2. The van der Waals surface area contributed by atoms with Crippen molar-refractivity contribution in [2.24, 2.45) is 4.99 Å². The van der Waals surface area contributed by atoms with Crippen LogP contribution in [-0.2, 0) is 0 Å². The van der Waals surface area contributed by atoms with Gasteiger partial charge >= 0.3 is 12.3 Å². The maximum Gasteiger partial charge on any atom is 0.586 e. The van der Waals surface area contributed by atoms with Crippen LogP contribution in [0.4, 0.5) is 13.6 Å². The van der Waals surface area contributed by atoms with Gasteiger partial charge in [0.25, 0.3) is 0 Å². The van der Waals surface area contributed by atoms with E-state index in [0.717, 1.165) is 10.4 Å². The molecule has 0 radical (unpaired) electrons. The highest BCUT2D eigenvalue weighted by atomic mass is 32.1. The Morgan fingerprint density at radius 2 is 1.97 bits per heavy atom. The van der Waals surface area contributed by atoms with Crippen LogP contribution >= 0.6 is 11.3 Å². The maximum absolute atomic E-state index is 13.3. The Kier molecular flexibility index (Phi) is 5.27. The number of nitrogens with one attached hydrogen (secondary N) is 1. The zero-order chi connectivity index (χ0) is 21.3. The van der Waals surface area contributed by atoms with E-state index < -0.39 is 18.4 Å². The average molecular weight is 433 g/mol. The Morgan fingerprint density at radius 1 is 1.23 bits per heavy atom. The van der Waals surface area contributed by atoms with Crippen LogP contribution in [0.5, 0.6) is 11.5 Å². The first-order valence-electron chi connectivity index (χ1n) is 8.95. The number of amides is 2. The number of fused-ring (bicyclic) bond motifs is 1. The van der Waals surface area contributed by atoms with Crippen molar-refractivity contribution < 1.29 is 28.2 Å². The molecule has 2 N–H and O–H groups in total. The molecule has 2 aromatic carbocycles. The Labute approximate surface area is 173 Å². The van der Waals surface area contributed by atoms with Gasteiger partial charge in [-0.25, -0.2) is 4.79 Å². The third-order valence-electron chi connectivity index (χ3n) is 4.31. The Bertz CT molecular complexity index is 1140. The number of alkyl halides is 2. The van der Waals surface area contributed by atoms with E-state index in [9.17, 15) is 18.7 Å². The van der Waals surface area contributed by atoms with E-state index in [1.165, 1.54) is 23.5 Å². The van der Waals surface area contributed by atoms with Gasteiger partial charge in [0, 0.05) is 17.1 Å². The second-order valence-corrected chi connectivity index (χ2v) is 7.71. The lowest BCUT2D eigenvalue weighted by atomic mass is 10.1. The van der Waals surface area contributed by atoms with Gasteiger partial charge in [-0.1, -0.05) is 30.3 Å². The highest BCUT2D eigenvalue weighted by molar-refractivity contribution is 7.09. The molecule has 156 valence electrons. The molecule has 30 heavy (non-hydrogen) atoms. The lowest BCUT2D eigenvalue weighted by Crippen LogP contribution is -2.30. The van der Waals surface area contributed by atoms with Crippen molar-refractivity contribution in [3.8, 4) is 17.2 Å². The van der Waals surface area contributed by atoms with Crippen molar-refractivity contribution in [2.45, 2.75) is 19.3 Å². The summed E-state index contributed by atoms with van der Waals surface area (Å²) in [5, 5.41) is 12.3. The SMILES string of the molecule is Cc1cn(-c2ccc3c(c2)OC(F)(F)O3)c(=NC(=O)N[C@H](CO)c2ccccc2)s1. The quantitative estimate of drug-likeness (QED) is 0.660. The summed E-state index contributed by atoms with van der Waals surface area (Å²) in [6.45, 7) is 1.55. The fraction of sp³-hybridized carbons (Fsp3) is 0.200. The number of carbonyl (C=O) groups is 1. The van der Waals surface area contributed by atoms with Crippen LogP contribution in [0.2, 0.25) is 0 Å². The van der Waals surface area contributed by atoms with Crippen LogP contribution in [0.1, 0.15) is 16.5 Å². The van der Waals surface area contributed by atoms with E-state index in [1.807, 2.05) is 13.0 Å². The van der Waals surface area contributed by atoms with E-state index in [-0.39, 0.29) is 18.1 Å². The molecule has 3 aromatic rings. The van der Waals surface area contributed by atoms with Crippen LogP contribution in [0, 0.1) is 6.92 Å². The molecule has 0 spiro atoms. The smallest absolute Gasteiger partial charge is 0.395 e. The minimum Gasteiger partial charge on any atom is -0.395 e. The predicted molar refractivity (Wildman–Crippen MR) is 105 cm³/mol. The van der Waals surface area contributed by atoms with Gasteiger partial charge in [0.1, 0.15) is 0 Å². The molecule has 1 aliphatic heterocycles. The molecule has 0 saturated heterocycles. The second kappa shape index (κ2) is 7.88. The molecular formula is C20H17F2N3O4S. The lowest BCUT2D eigenvalue weighted by Gasteiger charge is -2.14. The van der Waals surface area contributed by atoms with Crippen molar-refractivity contribution >= 4 is 17.4 Å². The van der Waals surface area contributed by atoms with E-state index in [0.29, 0.717) is 10.5 Å². The molecule has 4 rings (SSSR count). The molecule has 1 aliphatic rings. The van der Waals surface area contributed by atoms with Crippen LogP contribution in [0.3, 0.4) is 0 Å². The van der Waals surface area contributed by atoms with Gasteiger partial charge in [0.2, 0.25) is 0 Å². The number of aromatic nitrogens is 1. The number of aryl methyl sites for hydroxylation is 1. The van der Waals surface area contributed by atoms with Crippen molar-refractivity contribution in [1.29, 1.82) is 0 Å². The number of hydrogen-bond acceptors (Lipinski definition) is 5. The number of aliphatic hydroxyl groups is 1. The summed E-state index contributed by atoms with van der Waals surface area (Å²) in [6.07, 6.45) is -1.98. The number of aliphatic hydroxyl groups excluding tert-OH is 1. The predicted octanol–water partition coefficient (Wildman–Crippen LogP) is 3.51. The van der Waals surface area contributed by atoms with E-state index in [2.05, 4.69) is 19.8 Å². The number of urea groups is 1. The van der Waals surface area contributed by atoms with Gasteiger partial charge in [-0.15, -0.1) is 20.1 Å². The molecular weight excluding hydrogens is 416 g/mol. The number of rotatable bonds is 4. The highest BCUT2D eigenvalue weighted by Gasteiger charge is 2.43. The summed E-state index contributed by atoms with van der Waals surface area (Å²) in [5.41, 5.74) is 1.23. The number of thiazole rings is 1. The summed E-state index contributed by atoms with van der Waals surface area (Å²) >= 11 is 1.25. The molecule has 7 nitrogen and oxygen atoms in total. The van der Waals surface area contributed by atoms with Crippen molar-refractivity contribution in [2.75, 3.05) is 6.61 Å². The third kappa shape index (κ3) is 4.19. The molecule has 1 atom stereocenters. The fourth-order valence-corrected chi connectivity index (χ4v) is 3.82. The Morgan fingerprint density at radius 3 is 2.70 bits per heavy atom. The minimum atomic E-state index is -3.71. The van der Waals surface area contributed by atoms with Gasteiger partial charge in [-0.05, 0) is 24.6 Å². The van der Waals surface area contributed by atoms with Crippen LogP contribution < -0.4 is 19.6 Å². The van der Waals surface area contributed by atoms with Crippen LogP contribution in [0.25, 0.3) is 5.69 Å². The van der Waals surface area contributed by atoms with Gasteiger partial charge in [0.05, 0.1) is 18.3 Å². The van der Waals surface area contributed by atoms with Crippen LogP contribution in [-0.4, -0.2) is 28.6 Å². The summed E-state index contributed by atoms with van der Waals surface area (Å²) in [7, 11) is 0. The van der Waals surface area contributed by atoms with Gasteiger partial charge in [0.15, 0.2) is 16.3 Å². The summed E-state index contributed by atoms with van der Waals surface area (Å²) in [6, 6.07) is 12.1. The molecule has 2 amide bonds. The minimum absolute atomic E-state index is 0.0683. The molecule has 10 heteroatoms. The lowest BCUT2D eigenvalue weighted by molar-refractivity contribution is -0.286. The van der Waals surface area contributed by atoms with Gasteiger partial charge in [-0.3, -0.25) is 4.57 Å². The first kappa shape index (κ1) is 20.0. The number of nitrogens with zero attached hydrogens (tertiary/aromatic N) is 2. The largest absolute Gasteiger partial charge is 0.586 e. The highest BCUT2D eigenvalue weighted by Crippen LogP contribution is 2.41. The van der Waals surface area contributed by atoms with Crippen molar-refractivity contribution in [3.05, 3.63) is 70.0 Å².